The highest BCUT2D eigenvalue weighted by atomic mass is 32.2. The molecule has 0 aliphatic heterocycles. The molecule has 0 radical (unpaired) electrons. The maximum atomic E-state index is 6.30. The van der Waals surface area contributed by atoms with E-state index in [1.165, 1.54) is 16.0 Å². The van der Waals surface area contributed by atoms with Gasteiger partial charge < -0.3 is 5.73 Å². The molecule has 1 aliphatic carbocycles. The molecule has 2 unspecified atom stereocenters. The van der Waals surface area contributed by atoms with Crippen molar-refractivity contribution < 1.29 is 0 Å². The maximum Gasteiger partial charge on any atom is 0.0625 e. The molecule has 2 aromatic rings. The summed E-state index contributed by atoms with van der Waals surface area (Å²) in [6.07, 6.45) is 5.00. The van der Waals surface area contributed by atoms with E-state index in [2.05, 4.69) is 29.4 Å². The van der Waals surface area contributed by atoms with E-state index in [1.54, 1.807) is 0 Å². The second kappa shape index (κ2) is 4.20. The third-order valence-electron chi connectivity index (χ3n) is 3.20. The van der Waals surface area contributed by atoms with Crippen LogP contribution >= 0.6 is 11.8 Å². The first-order valence-electron chi connectivity index (χ1n) is 5.73. The maximum absolute atomic E-state index is 6.30. The number of aryl methyl sites for hydroxylation is 1. The average molecular weight is 245 g/mol. The van der Waals surface area contributed by atoms with Gasteiger partial charge in [0.2, 0.25) is 0 Å². The van der Waals surface area contributed by atoms with E-state index in [0.717, 1.165) is 6.42 Å². The number of nitrogens with two attached hydrogens (primary N) is 1. The van der Waals surface area contributed by atoms with Gasteiger partial charge in [0.25, 0.3) is 0 Å². The van der Waals surface area contributed by atoms with Crippen molar-refractivity contribution >= 4 is 11.8 Å². The van der Waals surface area contributed by atoms with E-state index in [-0.39, 0.29) is 6.04 Å². The molecule has 1 aromatic heterocycles. The standard InChI is InChI=1S/C13H15N3S/c1-16-8-10(7-15-16)17-12-6-9-4-2-3-5-11(9)13(12)14/h2-5,7-8,12-13H,6,14H2,1H3. The molecule has 88 valence electrons. The van der Waals surface area contributed by atoms with Crippen LogP contribution in [0.5, 0.6) is 0 Å². The second-order valence-corrected chi connectivity index (χ2v) is 5.75. The third kappa shape index (κ3) is 1.98. The Bertz CT molecular complexity index is 535. The number of hydrogen-bond acceptors (Lipinski definition) is 3. The first kappa shape index (κ1) is 10.9. The Balaban J connectivity index is 1.80. The number of aromatic nitrogens is 2. The van der Waals surface area contributed by atoms with E-state index >= 15 is 0 Å². The summed E-state index contributed by atoms with van der Waals surface area (Å²) in [5, 5.41) is 4.62. The number of fused-ring (bicyclic) bond motifs is 1. The monoisotopic (exact) mass is 245 g/mol. The third-order valence-corrected chi connectivity index (χ3v) is 4.45. The smallest absolute Gasteiger partial charge is 0.0625 e. The van der Waals surface area contributed by atoms with Crippen LogP contribution in [0.15, 0.2) is 41.6 Å². The summed E-state index contributed by atoms with van der Waals surface area (Å²) in [6.45, 7) is 0. The normalized spacial score (nSPS) is 22.7. The molecule has 0 bridgehead atoms. The van der Waals surface area contributed by atoms with E-state index in [1.807, 2.05) is 35.9 Å². The topological polar surface area (TPSA) is 43.8 Å². The van der Waals surface area contributed by atoms with E-state index in [4.69, 9.17) is 5.73 Å². The molecule has 3 rings (SSSR count). The summed E-state index contributed by atoms with van der Waals surface area (Å²) in [5.74, 6) is 0. The van der Waals surface area contributed by atoms with Crippen molar-refractivity contribution in [2.45, 2.75) is 22.6 Å². The molecule has 3 nitrogen and oxygen atoms in total. The van der Waals surface area contributed by atoms with Crippen LogP contribution < -0.4 is 5.73 Å². The van der Waals surface area contributed by atoms with Crippen LogP contribution in [0.3, 0.4) is 0 Å². The fraction of sp³-hybridized carbons (Fsp3) is 0.308. The lowest BCUT2D eigenvalue weighted by Crippen LogP contribution is -2.18. The highest BCUT2D eigenvalue weighted by molar-refractivity contribution is 8.00. The molecule has 2 N–H and O–H groups in total. The molecular weight excluding hydrogens is 230 g/mol. The van der Waals surface area contributed by atoms with Gasteiger partial charge in [-0.25, -0.2) is 0 Å². The van der Waals surface area contributed by atoms with E-state index in [9.17, 15) is 0 Å². The van der Waals surface area contributed by atoms with Crippen LogP contribution in [-0.4, -0.2) is 15.0 Å². The molecule has 1 heterocycles. The lowest BCUT2D eigenvalue weighted by molar-refractivity contribution is 0.731. The lowest BCUT2D eigenvalue weighted by Gasteiger charge is -2.14. The molecule has 0 saturated heterocycles. The molecule has 17 heavy (non-hydrogen) atoms. The van der Waals surface area contributed by atoms with Crippen LogP contribution in [0.25, 0.3) is 0 Å². The second-order valence-electron chi connectivity index (χ2n) is 4.43. The Hall–Kier alpha value is -1.26. The highest BCUT2D eigenvalue weighted by Gasteiger charge is 2.30. The van der Waals surface area contributed by atoms with Gasteiger partial charge in [0.15, 0.2) is 0 Å². The SMILES string of the molecule is Cn1cc(SC2Cc3ccccc3C2N)cn1. The van der Waals surface area contributed by atoms with E-state index < -0.39 is 0 Å². The zero-order valence-electron chi connectivity index (χ0n) is 9.71. The zero-order chi connectivity index (χ0) is 11.8. The van der Waals surface area contributed by atoms with Crippen molar-refractivity contribution in [3.8, 4) is 0 Å². The minimum absolute atomic E-state index is 0.136. The van der Waals surface area contributed by atoms with Gasteiger partial charge in [0, 0.05) is 29.4 Å². The lowest BCUT2D eigenvalue weighted by atomic mass is 10.1. The Morgan fingerprint density at radius 1 is 1.41 bits per heavy atom. The minimum atomic E-state index is 0.136. The van der Waals surface area contributed by atoms with Crippen LogP contribution in [0.1, 0.15) is 17.2 Å². The number of benzene rings is 1. The van der Waals surface area contributed by atoms with Gasteiger partial charge in [0.1, 0.15) is 0 Å². The Labute approximate surface area is 105 Å². The van der Waals surface area contributed by atoms with Crippen molar-refractivity contribution in [3.63, 3.8) is 0 Å². The molecule has 2 atom stereocenters. The fourth-order valence-electron chi connectivity index (χ4n) is 2.34. The van der Waals surface area contributed by atoms with Gasteiger partial charge >= 0.3 is 0 Å². The van der Waals surface area contributed by atoms with Crippen molar-refractivity contribution in [2.75, 3.05) is 0 Å². The summed E-state index contributed by atoms with van der Waals surface area (Å²) in [4.78, 5) is 1.20. The number of nitrogens with zero attached hydrogens (tertiary/aromatic N) is 2. The van der Waals surface area contributed by atoms with Crippen LogP contribution in [0.4, 0.5) is 0 Å². The fourth-order valence-corrected chi connectivity index (χ4v) is 3.57. The summed E-state index contributed by atoms with van der Waals surface area (Å²) in [6, 6.07) is 8.61. The summed E-state index contributed by atoms with van der Waals surface area (Å²) in [5.41, 5.74) is 8.99. The molecule has 0 fully saturated rings. The van der Waals surface area contributed by atoms with Crippen molar-refractivity contribution in [1.29, 1.82) is 0 Å². The first-order valence-corrected chi connectivity index (χ1v) is 6.60. The number of thioether (sulfide) groups is 1. The summed E-state index contributed by atoms with van der Waals surface area (Å²) >= 11 is 1.83. The Kier molecular flexibility index (Phi) is 2.68. The molecule has 0 saturated carbocycles. The quantitative estimate of drug-likeness (QED) is 0.881. The molecule has 1 aliphatic rings. The van der Waals surface area contributed by atoms with E-state index in [0.29, 0.717) is 5.25 Å². The van der Waals surface area contributed by atoms with Crippen molar-refractivity contribution in [2.24, 2.45) is 12.8 Å². The first-order chi connectivity index (χ1) is 8.24. The van der Waals surface area contributed by atoms with Crippen molar-refractivity contribution in [1.82, 2.24) is 9.78 Å². The molecule has 0 spiro atoms. The van der Waals surface area contributed by atoms with Crippen LogP contribution in [-0.2, 0) is 13.5 Å². The van der Waals surface area contributed by atoms with Crippen LogP contribution in [0.2, 0.25) is 0 Å². The average Bonchev–Trinajstić information content (AvgIpc) is 2.86. The predicted molar refractivity (Wildman–Crippen MR) is 69.9 cm³/mol. The summed E-state index contributed by atoms with van der Waals surface area (Å²) < 4.78 is 1.83. The van der Waals surface area contributed by atoms with Crippen molar-refractivity contribution in [3.05, 3.63) is 47.8 Å². The van der Waals surface area contributed by atoms with Gasteiger partial charge in [-0.15, -0.1) is 11.8 Å². The van der Waals surface area contributed by atoms with Gasteiger partial charge in [0.05, 0.1) is 6.20 Å². The molecule has 1 aromatic carbocycles. The zero-order valence-corrected chi connectivity index (χ0v) is 10.5. The van der Waals surface area contributed by atoms with Gasteiger partial charge in [-0.3, -0.25) is 4.68 Å². The van der Waals surface area contributed by atoms with Crippen LogP contribution in [0, 0.1) is 0 Å². The van der Waals surface area contributed by atoms with Gasteiger partial charge in [-0.1, -0.05) is 24.3 Å². The van der Waals surface area contributed by atoms with Gasteiger partial charge in [-0.05, 0) is 17.5 Å². The molecule has 0 amide bonds. The minimum Gasteiger partial charge on any atom is -0.323 e. The number of rotatable bonds is 2. The van der Waals surface area contributed by atoms with Gasteiger partial charge in [-0.2, -0.15) is 5.10 Å². The number of hydrogen-bond donors (Lipinski definition) is 1. The Morgan fingerprint density at radius 3 is 2.94 bits per heavy atom. The summed E-state index contributed by atoms with van der Waals surface area (Å²) in [7, 11) is 1.94. The highest BCUT2D eigenvalue weighted by Crippen LogP contribution is 2.39. The largest absolute Gasteiger partial charge is 0.323 e. The predicted octanol–water partition coefficient (Wildman–Crippen LogP) is 2.14. The molecular formula is C13H15N3S. The Morgan fingerprint density at radius 2 is 2.24 bits per heavy atom. The molecule has 4 heteroatoms.